The number of aromatic nitrogens is 7. The zero-order valence-electron chi connectivity index (χ0n) is 38.8. The van der Waals surface area contributed by atoms with Gasteiger partial charge in [0.05, 0.1) is 44.2 Å². The van der Waals surface area contributed by atoms with E-state index in [0.717, 1.165) is 67.2 Å². The number of para-hydroxylation sites is 5. The third-order valence-electron chi connectivity index (χ3n) is 14.9. The standard InChI is InChI=1S/C64H43N7/c1-64(71-56-34-18-14-30-48(56)52-38-37-51-46-28-11-15-31-53(46)68(59(51)60(52)71)43-24-9-4-10-25-43)39-19-26-44(40-64)69-54-32-16-12-27-45(54)49-35-36-50-47-29-13-17-33-55(47)70(58(50)57(49)69)63-66-61(41-20-5-2-6-21-41)65-62(67-63)42-22-7-3-8-23-42/h2-38,40H,39H2,1H3. The predicted molar refractivity (Wildman–Crippen MR) is 294 cm³/mol. The molecule has 0 aliphatic heterocycles. The number of hydrogen-bond acceptors (Lipinski definition) is 3. The first kappa shape index (κ1) is 39.6. The molecule has 0 bridgehead atoms. The highest BCUT2D eigenvalue weighted by Gasteiger charge is 2.33. The minimum Gasteiger partial charge on any atom is -0.329 e. The lowest BCUT2D eigenvalue weighted by atomic mass is 9.91. The van der Waals surface area contributed by atoms with E-state index in [1.165, 1.54) is 49.0 Å². The minimum absolute atomic E-state index is 0.501. The average molecular weight is 910 g/mol. The predicted octanol–water partition coefficient (Wildman–Crippen LogP) is 15.8. The van der Waals surface area contributed by atoms with Crippen LogP contribution in [-0.4, -0.2) is 33.2 Å². The fraction of sp³-hybridized carbons (Fsp3) is 0.0469. The SMILES string of the molecule is CC1(n2c3ccccc3c3ccc4c5ccccc5n(-c5ccccc5)c4c32)C=C(n2c3ccccc3c3ccc4c5ccccc5n(-c5nc(-c6ccccc6)nc(-c6ccccc6)n5)c4c32)C=CC1. The zero-order valence-corrected chi connectivity index (χ0v) is 38.8. The van der Waals surface area contributed by atoms with Crippen LogP contribution in [0.25, 0.3) is 127 Å². The summed E-state index contributed by atoms with van der Waals surface area (Å²) < 4.78 is 9.90. The molecular weight excluding hydrogens is 867 g/mol. The summed E-state index contributed by atoms with van der Waals surface area (Å²) in [6.07, 6.45) is 8.03. The number of hydrogen-bond donors (Lipinski definition) is 0. The maximum absolute atomic E-state index is 5.36. The average Bonchev–Trinajstić information content (AvgIpc) is 4.17. The van der Waals surface area contributed by atoms with Gasteiger partial charge in [0.15, 0.2) is 11.6 Å². The number of fused-ring (bicyclic) bond motifs is 14. The summed E-state index contributed by atoms with van der Waals surface area (Å²) >= 11 is 0. The highest BCUT2D eigenvalue weighted by molar-refractivity contribution is 6.25. The first-order valence-electron chi connectivity index (χ1n) is 24.3. The van der Waals surface area contributed by atoms with Crippen LogP contribution in [0, 0.1) is 0 Å². The highest BCUT2D eigenvalue weighted by Crippen LogP contribution is 2.47. The van der Waals surface area contributed by atoms with E-state index in [1.807, 2.05) is 36.4 Å². The van der Waals surface area contributed by atoms with Gasteiger partial charge in [-0.3, -0.25) is 4.57 Å². The fourth-order valence-corrected chi connectivity index (χ4v) is 11.9. The Balaban J connectivity index is 1.05. The number of rotatable bonds is 6. The van der Waals surface area contributed by atoms with Crippen molar-refractivity contribution in [1.29, 1.82) is 0 Å². The Hall–Kier alpha value is -9.33. The van der Waals surface area contributed by atoms with Gasteiger partial charge in [-0.2, -0.15) is 9.97 Å². The number of allylic oxidation sites excluding steroid dienone is 4. The van der Waals surface area contributed by atoms with Crippen LogP contribution in [0.2, 0.25) is 0 Å². The smallest absolute Gasteiger partial charge is 0.238 e. The van der Waals surface area contributed by atoms with Crippen molar-refractivity contribution >= 4 is 92.9 Å². The second-order valence-corrected chi connectivity index (χ2v) is 19.0. The number of benzene rings is 9. The van der Waals surface area contributed by atoms with E-state index in [-0.39, 0.29) is 0 Å². The first-order chi connectivity index (χ1) is 35.1. The number of nitrogens with zero attached hydrogens (tertiary/aromatic N) is 7. The normalized spacial score (nSPS) is 15.1. The van der Waals surface area contributed by atoms with Crippen molar-refractivity contribution in [3.8, 4) is 34.4 Å². The molecule has 1 unspecified atom stereocenters. The summed E-state index contributed by atoms with van der Waals surface area (Å²) in [4.78, 5) is 15.8. The molecule has 7 nitrogen and oxygen atoms in total. The molecule has 9 aromatic carbocycles. The summed E-state index contributed by atoms with van der Waals surface area (Å²) in [5.41, 5.74) is 12.7. The van der Waals surface area contributed by atoms with Crippen LogP contribution in [0.5, 0.6) is 0 Å². The Morgan fingerprint density at radius 3 is 1.32 bits per heavy atom. The summed E-state index contributed by atoms with van der Waals surface area (Å²) in [5.74, 6) is 1.80. The fourth-order valence-electron chi connectivity index (χ4n) is 11.9. The van der Waals surface area contributed by atoms with Gasteiger partial charge in [-0.05, 0) is 61.9 Å². The summed E-state index contributed by atoms with van der Waals surface area (Å²) in [7, 11) is 0. The van der Waals surface area contributed by atoms with Crippen LogP contribution in [0.1, 0.15) is 13.3 Å². The summed E-state index contributed by atoms with van der Waals surface area (Å²) in [6, 6.07) is 75.9. The molecule has 1 atom stereocenters. The van der Waals surface area contributed by atoms with Crippen molar-refractivity contribution in [3.63, 3.8) is 0 Å². The van der Waals surface area contributed by atoms with Gasteiger partial charge in [-0.1, -0.05) is 182 Å². The van der Waals surface area contributed by atoms with Crippen molar-refractivity contribution < 1.29 is 0 Å². The van der Waals surface area contributed by atoms with Gasteiger partial charge in [-0.25, -0.2) is 4.98 Å². The molecule has 0 saturated carbocycles. The van der Waals surface area contributed by atoms with Crippen LogP contribution in [0.15, 0.2) is 231 Å². The molecule has 0 amide bonds. The van der Waals surface area contributed by atoms with E-state index in [4.69, 9.17) is 15.0 Å². The molecule has 0 fully saturated rings. The molecule has 5 heterocycles. The molecule has 1 aliphatic carbocycles. The van der Waals surface area contributed by atoms with E-state index in [1.54, 1.807) is 0 Å². The van der Waals surface area contributed by atoms with Crippen LogP contribution < -0.4 is 0 Å². The molecule has 0 spiro atoms. The molecule has 0 saturated heterocycles. The van der Waals surface area contributed by atoms with Gasteiger partial charge in [0.2, 0.25) is 5.95 Å². The molecule has 334 valence electrons. The Labute approximate surface area is 408 Å². The summed E-state index contributed by atoms with van der Waals surface area (Å²) in [6.45, 7) is 2.41. The van der Waals surface area contributed by atoms with Gasteiger partial charge in [-0.15, -0.1) is 0 Å². The quantitative estimate of drug-likeness (QED) is 0.167. The van der Waals surface area contributed by atoms with Gasteiger partial charge in [0.25, 0.3) is 0 Å². The Bertz CT molecular complexity index is 4490. The van der Waals surface area contributed by atoms with E-state index in [0.29, 0.717) is 17.6 Å². The van der Waals surface area contributed by atoms with Crippen LogP contribution in [-0.2, 0) is 5.54 Å². The van der Waals surface area contributed by atoms with Crippen molar-refractivity contribution in [2.45, 2.75) is 18.9 Å². The van der Waals surface area contributed by atoms with E-state index >= 15 is 0 Å². The lowest BCUT2D eigenvalue weighted by Crippen LogP contribution is -2.29. The maximum Gasteiger partial charge on any atom is 0.238 e. The minimum atomic E-state index is -0.501. The van der Waals surface area contributed by atoms with Crippen molar-refractivity contribution in [3.05, 3.63) is 231 Å². The van der Waals surface area contributed by atoms with Gasteiger partial charge >= 0.3 is 0 Å². The lowest BCUT2D eigenvalue weighted by Gasteiger charge is -2.33. The molecule has 71 heavy (non-hydrogen) atoms. The monoisotopic (exact) mass is 909 g/mol. The Morgan fingerprint density at radius 1 is 0.366 bits per heavy atom. The van der Waals surface area contributed by atoms with E-state index < -0.39 is 5.54 Å². The molecule has 1 aliphatic rings. The third kappa shape index (κ3) is 5.74. The first-order valence-corrected chi connectivity index (χ1v) is 24.3. The molecule has 0 N–H and O–H groups in total. The lowest BCUT2D eigenvalue weighted by molar-refractivity contribution is 0.438. The third-order valence-corrected chi connectivity index (χ3v) is 14.9. The molecule has 14 aromatic rings. The summed E-state index contributed by atoms with van der Waals surface area (Å²) in [5, 5.41) is 9.55. The van der Waals surface area contributed by atoms with Gasteiger partial charge in [0, 0.05) is 71.1 Å². The van der Waals surface area contributed by atoms with Crippen LogP contribution in [0.4, 0.5) is 0 Å². The van der Waals surface area contributed by atoms with E-state index in [2.05, 4.69) is 219 Å². The largest absolute Gasteiger partial charge is 0.329 e. The molecule has 7 heteroatoms. The second kappa shape index (κ2) is 15.1. The van der Waals surface area contributed by atoms with Crippen molar-refractivity contribution in [1.82, 2.24) is 33.2 Å². The van der Waals surface area contributed by atoms with Crippen LogP contribution in [0.3, 0.4) is 0 Å². The Kier molecular flexibility index (Phi) is 8.42. The maximum atomic E-state index is 5.36. The van der Waals surface area contributed by atoms with E-state index in [9.17, 15) is 0 Å². The molecule has 0 radical (unpaired) electrons. The molecule has 5 aromatic heterocycles. The van der Waals surface area contributed by atoms with Gasteiger partial charge in [0.1, 0.15) is 0 Å². The second-order valence-electron chi connectivity index (χ2n) is 19.0. The molecular formula is C64H43N7. The molecule has 15 rings (SSSR count). The van der Waals surface area contributed by atoms with Gasteiger partial charge < -0.3 is 13.7 Å². The van der Waals surface area contributed by atoms with Crippen molar-refractivity contribution in [2.75, 3.05) is 0 Å². The Morgan fingerprint density at radius 2 is 0.775 bits per heavy atom. The van der Waals surface area contributed by atoms with Crippen molar-refractivity contribution in [2.24, 2.45) is 0 Å². The van der Waals surface area contributed by atoms with Crippen LogP contribution >= 0.6 is 0 Å². The topological polar surface area (TPSA) is 58.4 Å². The zero-order chi connectivity index (χ0) is 46.8. The highest BCUT2D eigenvalue weighted by atomic mass is 15.2.